The van der Waals surface area contributed by atoms with Gasteiger partial charge in [0.25, 0.3) is 0 Å². The maximum Gasteiger partial charge on any atom is 0.310 e. The van der Waals surface area contributed by atoms with E-state index in [1.807, 2.05) is 29.6 Å². The summed E-state index contributed by atoms with van der Waals surface area (Å²) in [5.41, 5.74) is 0. The number of aliphatic carboxylic acids is 1. The number of carboxylic acid groups (broad SMARTS) is 1. The van der Waals surface area contributed by atoms with Crippen LogP contribution in [0.2, 0.25) is 0 Å². The molecule has 106 valence electrons. The average Bonchev–Trinajstić information content (AvgIpc) is 2.96. The van der Waals surface area contributed by atoms with Gasteiger partial charge in [0.15, 0.2) is 0 Å². The van der Waals surface area contributed by atoms with Crippen molar-refractivity contribution in [2.45, 2.75) is 6.42 Å². The quantitative estimate of drug-likeness (QED) is 0.852. The minimum absolute atomic E-state index is 0.139. The normalized spacial score (nSPS) is 11.8. The number of methoxy groups -OCH3 is 1. The van der Waals surface area contributed by atoms with Crippen LogP contribution < -0.4 is 9.47 Å². The molecule has 0 radical (unpaired) electrons. The molecule has 0 saturated heterocycles. The molecule has 1 aromatic carbocycles. The first-order valence-corrected chi connectivity index (χ1v) is 7.09. The summed E-state index contributed by atoms with van der Waals surface area (Å²) in [6, 6.07) is 11.0. The molecule has 0 fully saturated rings. The number of carbonyl (C=O) groups is 1. The first-order chi connectivity index (χ1) is 9.69. The Morgan fingerprint density at radius 3 is 2.75 bits per heavy atom. The molecule has 1 unspecified atom stereocenters. The van der Waals surface area contributed by atoms with E-state index in [-0.39, 0.29) is 6.61 Å². The van der Waals surface area contributed by atoms with Crippen LogP contribution in [0, 0.1) is 5.92 Å². The topological polar surface area (TPSA) is 55.8 Å². The molecular weight excluding hydrogens is 276 g/mol. The summed E-state index contributed by atoms with van der Waals surface area (Å²) in [5.74, 6) is -0.101. The van der Waals surface area contributed by atoms with Crippen LogP contribution in [0.1, 0.15) is 4.88 Å². The second kappa shape index (κ2) is 6.96. The Morgan fingerprint density at radius 2 is 2.10 bits per heavy atom. The van der Waals surface area contributed by atoms with Crippen molar-refractivity contribution in [2.75, 3.05) is 13.7 Å². The molecule has 0 saturated carbocycles. The molecule has 1 heterocycles. The summed E-state index contributed by atoms with van der Waals surface area (Å²) in [6.45, 7) is 0.139. The molecule has 1 aromatic heterocycles. The van der Waals surface area contributed by atoms with Crippen molar-refractivity contribution in [1.82, 2.24) is 0 Å². The second-order valence-electron chi connectivity index (χ2n) is 4.31. The highest BCUT2D eigenvalue weighted by molar-refractivity contribution is 7.09. The summed E-state index contributed by atoms with van der Waals surface area (Å²) >= 11 is 1.56. The van der Waals surface area contributed by atoms with Gasteiger partial charge in [0, 0.05) is 10.9 Å². The molecule has 0 aliphatic rings. The van der Waals surface area contributed by atoms with Crippen LogP contribution in [0.5, 0.6) is 11.5 Å². The standard InChI is InChI=1S/C15H16O4S/c1-18-12-4-2-5-13(9-12)19-10-11(15(16)17)8-14-6-3-7-20-14/h2-7,9,11H,8,10H2,1H3,(H,16,17). The minimum atomic E-state index is -0.846. The van der Waals surface area contributed by atoms with Crippen LogP contribution in [0.4, 0.5) is 0 Å². The summed E-state index contributed by atoms with van der Waals surface area (Å²) in [5, 5.41) is 11.2. The van der Waals surface area contributed by atoms with Gasteiger partial charge in [0.05, 0.1) is 13.0 Å². The van der Waals surface area contributed by atoms with E-state index in [2.05, 4.69) is 0 Å². The molecule has 20 heavy (non-hydrogen) atoms. The van der Waals surface area contributed by atoms with E-state index in [4.69, 9.17) is 9.47 Å². The van der Waals surface area contributed by atoms with E-state index in [0.717, 1.165) is 4.88 Å². The molecule has 4 nitrogen and oxygen atoms in total. The van der Waals surface area contributed by atoms with Gasteiger partial charge in [0.1, 0.15) is 18.1 Å². The van der Waals surface area contributed by atoms with Crippen LogP contribution in [-0.2, 0) is 11.2 Å². The number of rotatable bonds is 7. The Bertz CT molecular complexity index is 551. The van der Waals surface area contributed by atoms with Gasteiger partial charge in [-0.15, -0.1) is 11.3 Å². The van der Waals surface area contributed by atoms with Crippen molar-refractivity contribution >= 4 is 17.3 Å². The Kier molecular flexibility index (Phi) is 5.01. The highest BCUT2D eigenvalue weighted by Gasteiger charge is 2.19. The lowest BCUT2D eigenvalue weighted by atomic mass is 10.1. The molecule has 1 N–H and O–H groups in total. The number of hydrogen-bond acceptors (Lipinski definition) is 4. The zero-order valence-corrected chi connectivity index (χ0v) is 11.9. The smallest absolute Gasteiger partial charge is 0.310 e. The summed E-state index contributed by atoms with van der Waals surface area (Å²) < 4.78 is 10.7. The fraction of sp³-hybridized carbons (Fsp3) is 0.267. The van der Waals surface area contributed by atoms with E-state index in [0.29, 0.717) is 17.9 Å². The van der Waals surface area contributed by atoms with Gasteiger partial charge in [-0.05, 0) is 30.0 Å². The molecule has 0 aliphatic carbocycles. The van der Waals surface area contributed by atoms with Gasteiger partial charge in [-0.25, -0.2) is 0 Å². The molecule has 0 bridgehead atoms. The molecule has 0 amide bonds. The average molecular weight is 292 g/mol. The minimum Gasteiger partial charge on any atom is -0.497 e. The molecule has 2 rings (SSSR count). The lowest BCUT2D eigenvalue weighted by Gasteiger charge is -2.13. The SMILES string of the molecule is COc1cccc(OCC(Cc2cccs2)C(=O)O)c1. The van der Waals surface area contributed by atoms with Crippen molar-refractivity contribution < 1.29 is 19.4 Å². The Morgan fingerprint density at radius 1 is 1.30 bits per heavy atom. The number of hydrogen-bond donors (Lipinski definition) is 1. The second-order valence-corrected chi connectivity index (χ2v) is 5.34. The van der Waals surface area contributed by atoms with Gasteiger partial charge < -0.3 is 14.6 Å². The lowest BCUT2D eigenvalue weighted by Crippen LogP contribution is -2.23. The van der Waals surface area contributed by atoms with Crippen molar-refractivity contribution in [1.29, 1.82) is 0 Å². The third-order valence-electron chi connectivity index (χ3n) is 2.87. The van der Waals surface area contributed by atoms with Crippen LogP contribution in [0.3, 0.4) is 0 Å². The van der Waals surface area contributed by atoms with Crippen molar-refractivity contribution in [3.05, 3.63) is 46.7 Å². The van der Waals surface area contributed by atoms with E-state index < -0.39 is 11.9 Å². The van der Waals surface area contributed by atoms with Crippen LogP contribution in [0.15, 0.2) is 41.8 Å². The summed E-state index contributed by atoms with van der Waals surface area (Å²) in [6.07, 6.45) is 0.483. The number of thiophene rings is 1. The lowest BCUT2D eigenvalue weighted by molar-refractivity contribution is -0.142. The van der Waals surface area contributed by atoms with Gasteiger partial charge >= 0.3 is 5.97 Å². The van der Waals surface area contributed by atoms with E-state index in [1.165, 1.54) is 0 Å². The Labute approximate surface area is 121 Å². The Hall–Kier alpha value is -2.01. The molecule has 5 heteroatoms. The first kappa shape index (κ1) is 14.4. The van der Waals surface area contributed by atoms with Gasteiger partial charge in [-0.3, -0.25) is 4.79 Å². The molecule has 1 atom stereocenters. The fourth-order valence-corrected chi connectivity index (χ4v) is 2.56. The van der Waals surface area contributed by atoms with Gasteiger partial charge in [0.2, 0.25) is 0 Å². The zero-order valence-electron chi connectivity index (χ0n) is 11.1. The molecule has 0 aliphatic heterocycles. The number of benzene rings is 1. The molecule has 2 aromatic rings. The zero-order chi connectivity index (χ0) is 14.4. The molecule has 0 spiro atoms. The van der Waals surface area contributed by atoms with E-state index in [9.17, 15) is 9.90 Å². The predicted octanol–water partition coefficient (Wildman–Crippen LogP) is 3.08. The van der Waals surface area contributed by atoms with Gasteiger partial charge in [-0.2, -0.15) is 0 Å². The maximum absolute atomic E-state index is 11.3. The van der Waals surface area contributed by atoms with Crippen molar-refractivity contribution in [2.24, 2.45) is 5.92 Å². The highest BCUT2D eigenvalue weighted by atomic mass is 32.1. The summed E-state index contributed by atoms with van der Waals surface area (Å²) in [4.78, 5) is 12.3. The molecular formula is C15H16O4S. The highest BCUT2D eigenvalue weighted by Crippen LogP contribution is 2.21. The summed E-state index contributed by atoms with van der Waals surface area (Å²) in [7, 11) is 1.58. The maximum atomic E-state index is 11.3. The number of carboxylic acids is 1. The van der Waals surface area contributed by atoms with Gasteiger partial charge in [-0.1, -0.05) is 12.1 Å². The number of ether oxygens (including phenoxy) is 2. The fourth-order valence-electron chi connectivity index (χ4n) is 1.78. The first-order valence-electron chi connectivity index (χ1n) is 6.21. The monoisotopic (exact) mass is 292 g/mol. The largest absolute Gasteiger partial charge is 0.497 e. The van der Waals surface area contributed by atoms with Crippen LogP contribution in [0.25, 0.3) is 0 Å². The van der Waals surface area contributed by atoms with E-state index >= 15 is 0 Å². The Balaban J connectivity index is 1.96. The van der Waals surface area contributed by atoms with Crippen LogP contribution >= 0.6 is 11.3 Å². The third kappa shape index (κ3) is 3.99. The van der Waals surface area contributed by atoms with Crippen molar-refractivity contribution in [3.8, 4) is 11.5 Å². The van der Waals surface area contributed by atoms with Crippen molar-refractivity contribution in [3.63, 3.8) is 0 Å². The van der Waals surface area contributed by atoms with Crippen LogP contribution in [-0.4, -0.2) is 24.8 Å². The van der Waals surface area contributed by atoms with E-state index in [1.54, 1.807) is 30.6 Å². The predicted molar refractivity (Wildman–Crippen MR) is 77.6 cm³/mol. The third-order valence-corrected chi connectivity index (χ3v) is 3.77.